The van der Waals surface area contributed by atoms with Crippen LogP contribution in [0.3, 0.4) is 0 Å². The van der Waals surface area contributed by atoms with Crippen LogP contribution in [0.5, 0.6) is 0 Å². The van der Waals surface area contributed by atoms with E-state index >= 15 is 0 Å². The van der Waals surface area contributed by atoms with Crippen LogP contribution in [0.2, 0.25) is 5.02 Å². The number of hydrogen-bond donors (Lipinski definition) is 2. The molecule has 3 N–H and O–H groups in total. The minimum atomic E-state index is -0.282. The lowest BCUT2D eigenvalue weighted by molar-refractivity contribution is -0.119. The Kier molecular flexibility index (Phi) is 3.89. The number of carbonyl (C=O) groups is 1. The Morgan fingerprint density at radius 3 is 2.71 bits per heavy atom. The third-order valence-corrected chi connectivity index (χ3v) is 3.56. The molecule has 4 heteroatoms. The molecule has 2 rings (SSSR count). The summed E-state index contributed by atoms with van der Waals surface area (Å²) in [6.45, 7) is 0. The van der Waals surface area contributed by atoms with Crippen molar-refractivity contribution >= 4 is 23.2 Å². The minimum Gasteiger partial charge on any atom is -0.373 e. The fraction of sp³-hybridized carbons (Fsp3) is 0.462. The van der Waals surface area contributed by atoms with Gasteiger partial charge in [0.05, 0.1) is 0 Å². The van der Waals surface area contributed by atoms with Crippen molar-refractivity contribution in [2.24, 2.45) is 11.7 Å². The van der Waals surface area contributed by atoms with Gasteiger partial charge in [-0.25, -0.2) is 0 Å². The van der Waals surface area contributed by atoms with E-state index in [1.807, 2.05) is 24.3 Å². The lowest BCUT2D eigenvalue weighted by Crippen LogP contribution is -2.40. The highest BCUT2D eigenvalue weighted by molar-refractivity contribution is 6.30. The third kappa shape index (κ3) is 3.13. The summed E-state index contributed by atoms with van der Waals surface area (Å²) in [4.78, 5) is 11.5. The lowest BCUT2D eigenvalue weighted by atomic mass is 9.97. The van der Waals surface area contributed by atoms with Gasteiger partial charge in [0.2, 0.25) is 5.91 Å². The van der Waals surface area contributed by atoms with Crippen molar-refractivity contribution in [3.05, 3.63) is 29.3 Å². The van der Waals surface area contributed by atoms with Crippen LogP contribution in [0, 0.1) is 5.92 Å². The molecule has 1 amide bonds. The van der Waals surface area contributed by atoms with Gasteiger partial charge >= 0.3 is 0 Å². The Balaban J connectivity index is 2.09. The maximum Gasteiger partial charge on any atom is 0.240 e. The molecule has 1 unspecified atom stereocenters. The van der Waals surface area contributed by atoms with Gasteiger partial charge in [-0.2, -0.15) is 0 Å². The van der Waals surface area contributed by atoms with Crippen molar-refractivity contribution in [3.8, 4) is 0 Å². The number of anilines is 1. The van der Waals surface area contributed by atoms with Gasteiger partial charge in [-0.05, 0) is 37.0 Å². The summed E-state index contributed by atoms with van der Waals surface area (Å²) in [5.74, 6) is 0.0726. The summed E-state index contributed by atoms with van der Waals surface area (Å²) in [6, 6.07) is 7.10. The Morgan fingerprint density at radius 2 is 2.12 bits per heavy atom. The molecule has 92 valence electrons. The number of rotatable bonds is 4. The quantitative estimate of drug-likeness (QED) is 0.866. The molecule has 0 spiro atoms. The number of halogens is 1. The first kappa shape index (κ1) is 12.2. The van der Waals surface area contributed by atoms with Gasteiger partial charge in [-0.15, -0.1) is 0 Å². The smallest absolute Gasteiger partial charge is 0.240 e. The minimum absolute atomic E-state index is 0.281. The SMILES string of the molecule is NC(=O)C(Nc1cccc(Cl)c1)C1CCCC1. The second kappa shape index (κ2) is 5.41. The Morgan fingerprint density at radius 1 is 1.41 bits per heavy atom. The van der Waals surface area contributed by atoms with Crippen LogP contribution in [0.25, 0.3) is 0 Å². The Bertz CT molecular complexity index is 402. The van der Waals surface area contributed by atoms with Gasteiger partial charge in [0.25, 0.3) is 0 Å². The molecule has 3 nitrogen and oxygen atoms in total. The number of hydrogen-bond acceptors (Lipinski definition) is 2. The molecule has 1 aliphatic rings. The van der Waals surface area contributed by atoms with Gasteiger partial charge in [0, 0.05) is 10.7 Å². The van der Waals surface area contributed by atoms with Gasteiger partial charge < -0.3 is 11.1 Å². The molecule has 0 aromatic heterocycles. The van der Waals surface area contributed by atoms with Crippen LogP contribution in [0.1, 0.15) is 25.7 Å². The maximum absolute atomic E-state index is 11.5. The second-order valence-electron chi connectivity index (χ2n) is 4.58. The molecule has 1 saturated carbocycles. The molecular formula is C13H17ClN2O. The molecule has 17 heavy (non-hydrogen) atoms. The van der Waals surface area contributed by atoms with Crippen LogP contribution in [-0.2, 0) is 4.79 Å². The number of carbonyl (C=O) groups excluding carboxylic acids is 1. The fourth-order valence-electron chi connectivity index (χ4n) is 2.47. The number of nitrogens with two attached hydrogens (primary N) is 1. The van der Waals surface area contributed by atoms with E-state index in [2.05, 4.69) is 5.32 Å². The predicted molar refractivity (Wildman–Crippen MR) is 70.0 cm³/mol. The zero-order valence-electron chi connectivity index (χ0n) is 9.66. The van der Waals surface area contributed by atoms with Crippen LogP contribution in [-0.4, -0.2) is 11.9 Å². The van der Waals surface area contributed by atoms with Crippen molar-refractivity contribution in [1.29, 1.82) is 0 Å². The third-order valence-electron chi connectivity index (χ3n) is 3.32. The Labute approximate surface area is 106 Å². The molecule has 1 aromatic carbocycles. The van der Waals surface area contributed by atoms with E-state index < -0.39 is 0 Å². The molecule has 0 radical (unpaired) electrons. The summed E-state index contributed by atoms with van der Waals surface area (Å²) in [5.41, 5.74) is 6.32. The van der Waals surface area contributed by atoms with Gasteiger partial charge in [-0.1, -0.05) is 30.5 Å². The van der Waals surface area contributed by atoms with E-state index in [0.717, 1.165) is 18.5 Å². The highest BCUT2D eigenvalue weighted by Crippen LogP contribution is 2.29. The van der Waals surface area contributed by atoms with E-state index in [1.165, 1.54) is 12.8 Å². The number of benzene rings is 1. The van der Waals surface area contributed by atoms with E-state index in [4.69, 9.17) is 17.3 Å². The zero-order chi connectivity index (χ0) is 12.3. The fourth-order valence-corrected chi connectivity index (χ4v) is 2.66. The van der Waals surface area contributed by atoms with Crippen LogP contribution in [0.4, 0.5) is 5.69 Å². The first-order valence-corrected chi connectivity index (χ1v) is 6.36. The first-order chi connectivity index (χ1) is 8.16. The lowest BCUT2D eigenvalue weighted by Gasteiger charge is -2.22. The van der Waals surface area contributed by atoms with E-state index in [-0.39, 0.29) is 11.9 Å². The van der Waals surface area contributed by atoms with Crippen molar-refractivity contribution in [2.75, 3.05) is 5.32 Å². The topological polar surface area (TPSA) is 55.1 Å². The molecule has 1 aromatic rings. The maximum atomic E-state index is 11.5. The van der Waals surface area contributed by atoms with Crippen LogP contribution < -0.4 is 11.1 Å². The average Bonchev–Trinajstić information content (AvgIpc) is 2.78. The van der Waals surface area contributed by atoms with E-state index in [0.29, 0.717) is 10.9 Å². The summed E-state index contributed by atoms with van der Waals surface area (Å²) >= 11 is 5.91. The zero-order valence-corrected chi connectivity index (χ0v) is 10.4. The molecule has 0 aliphatic heterocycles. The molecule has 0 saturated heterocycles. The van der Waals surface area contributed by atoms with Crippen molar-refractivity contribution in [2.45, 2.75) is 31.7 Å². The van der Waals surface area contributed by atoms with Crippen molar-refractivity contribution in [1.82, 2.24) is 0 Å². The summed E-state index contributed by atoms with van der Waals surface area (Å²) in [7, 11) is 0. The molecular weight excluding hydrogens is 236 g/mol. The summed E-state index contributed by atoms with van der Waals surface area (Å²) < 4.78 is 0. The van der Waals surface area contributed by atoms with Crippen molar-refractivity contribution < 1.29 is 4.79 Å². The first-order valence-electron chi connectivity index (χ1n) is 5.98. The second-order valence-corrected chi connectivity index (χ2v) is 5.02. The van der Waals surface area contributed by atoms with E-state index in [1.54, 1.807) is 0 Å². The molecule has 1 fully saturated rings. The number of primary amides is 1. The Hall–Kier alpha value is -1.22. The number of nitrogens with one attached hydrogen (secondary N) is 1. The van der Waals surface area contributed by atoms with Gasteiger partial charge in [0.15, 0.2) is 0 Å². The summed E-state index contributed by atoms with van der Waals surface area (Å²) in [6.07, 6.45) is 4.51. The van der Waals surface area contributed by atoms with Crippen molar-refractivity contribution in [3.63, 3.8) is 0 Å². The largest absolute Gasteiger partial charge is 0.373 e. The standard InChI is InChI=1S/C13H17ClN2O/c14-10-6-3-7-11(8-10)16-12(13(15)17)9-4-1-2-5-9/h3,6-9,12,16H,1-2,4-5H2,(H2,15,17). The molecule has 1 atom stereocenters. The number of amides is 1. The highest BCUT2D eigenvalue weighted by Gasteiger charge is 2.28. The van der Waals surface area contributed by atoms with Gasteiger partial charge in [-0.3, -0.25) is 4.79 Å². The normalized spacial score (nSPS) is 17.9. The predicted octanol–water partition coefficient (Wildman–Crippen LogP) is 2.80. The highest BCUT2D eigenvalue weighted by atomic mass is 35.5. The average molecular weight is 253 g/mol. The molecule has 0 heterocycles. The van der Waals surface area contributed by atoms with E-state index in [9.17, 15) is 4.79 Å². The molecule has 0 bridgehead atoms. The van der Waals surface area contributed by atoms with Crippen LogP contribution >= 0.6 is 11.6 Å². The molecule has 1 aliphatic carbocycles. The monoisotopic (exact) mass is 252 g/mol. The van der Waals surface area contributed by atoms with Gasteiger partial charge in [0.1, 0.15) is 6.04 Å². The summed E-state index contributed by atoms with van der Waals surface area (Å²) in [5, 5.41) is 3.86. The van der Waals surface area contributed by atoms with Crippen LogP contribution in [0.15, 0.2) is 24.3 Å².